The molecule has 126 valence electrons. The van der Waals surface area contributed by atoms with Crippen LogP contribution >= 0.6 is 0 Å². The highest BCUT2D eigenvalue weighted by Gasteiger charge is 2.43. The number of hydrogen-bond donors (Lipinski definition) is 1. The van der Waals surface area contributed by atoms with Gasteiger partial charge in [0, 0.05) is 31.0 Å². The zero-order chi connectivity index (χ0) is 16.4. The first-order chi connectivity index (χ1) is 11.1. The summed E-state index contributed by atoms with van der Waals surface area (Å²) in [5, 5.41) is 9.60. The molecule has 3 rings (SSSR count). The Morgan fingerprint density at radius 1 is 1.22 bits per heavy atom. The first kappa shape index (κ1) is 16.5. The highest BCUT2D eigenvalue weighted by Crippen LogP contribution is 2.38. The van der Waals surface area contributed by atoms with Gasteiger partial charge in [-0.25, -0.2) is 0 Å². The molecule has 0 aliphatic carbocycles. The van der Waals surface area contributed by atoms with E-state index in [1.807, 2.05) is 30.3 Å². The molecule has 0 spiro atoms. The summed E-state index contributed by atoms with van der Waals surface area (Å²) in [6.45, 7) is 4.28. The van der Waals surface area contributed by atoms with Gasteiger partial charge >= 0.3 is 5.97 Å². The highest BCUT2D eigenvalue weighted by atomic mass is 16.5. The number of esters is 1. The summed E-state index contributed by atoms with van der Waals surface area (Å²) in [5.41, 5.74) is 0.822. The van der Waals surface area contributed by atoms with Gasteiger partial charge in [0.2, 0.25) is 0 Å². The van der Waals surface area contributed by atoms with E-state index in [0.717, 1.165) is 18.4 Å². The molecule has 2 saturated heterocycles. The summed E-state index contributed by atoms with van der Waals surface area (Å²) in [5.74, 6) is -0.863. The molecule has 23 heavy (non-hydrogen) atoms. The second kappa shape index (κ2) is 7.02. The van der Waals surface area contributed by atoms with Crippen LogP contribution in [-0.2, 0) is 9.53 Å². The molecular weight excluding hydrogens is 290 g/mol. The number of nitrogens with zero attached hydrogens (tertiary/aromatic N) is 1. The van der Waals surface area contributed by atoms with Gasteiger partial charge in [-0.3, -0.25) is 9.69 Å². The zero-order valence-electron chi connectivity index (χ0n) is 14.0. The van der Waals surface area contributed by atoms with Crippen LogP contribution in [0.5, 0.6) is 0 Å². The molecule has 2 bridgehead atoms. The lowest BCUT2D eigenvalue weighted by atomic mass is 9.97. The van der Waals surface area contributed by atoms with Gasteiger partial charge in [0.05, 0.1) is 6.61 Å². The fraction of sp³-hybridized carbons (Fsp3) is 0.632. The number of aliphatic hydroxyl groups excluding tert-OH is 1. The van der Waals surface area contributed by atoms with Gasteiger partial charge in [-0.2, -0.15) is 0 Å². The summed E-state index contributed by atoms with van der Waals surface area (Å²) in [6.07, 6.45) is 4.26. The van der Waals surface area contributed by atoms with Crippen LogP contribution in [0.25, 0.3) is 0 Å². The third kappa shape index (κ3) is 3.43. The minimum Gasteiger partial charge on any atom is -0.462 e. The predicted octanol–water partition coefficient (Wildman–Crippen LogP) is 2.71. The van der Waals surface area contributed by atoms with Crippen LogP contribution in [0.1, 0.15) is 51.0 Å². The van der Waals surface area contributed by atoms with Crippen LogP contribution < -0.4 is 0 Å². The summed E-state index contributed by atoms with van der Waals surface area (Å²) in [7, 11) is 0. The molecule has 2 heterocycles. The number of hydrogen-bond acceptors (Lipinski definition) is 4. The van der Waals surface area contributed by atoms with E-state index in [9.17, 15) is 9.90 Å². The van der Waals surface area contributed by atoms with Crippen LogP contribution in [-0.4, -0.2) is 46.8 Å². The summed E-state index contributed by atoms with van der Waals surface area (Å²) in [6, 6.07) is 11.0. The number of benzene rings is 1. The molecule has 0 saturated carbocycles. The number of piperidine rings is 1. The van der Waals surface area contributed by atoms with Crippen molar-refractivity contribution in [2.45, 2.75) is 69.7 Å². The van der Waals surface area contributed by atoms with Crippen molar-refractivity contribution < 1.29 is 14.6 Å². The van der Waals surface area contributed by atoms with Crippen LogP contribution in [0, 0.1) is 0 Å². The van der Waals surface area contributed by atoms with Crippen molar-refractivity contribution in [2.75, 3.05) is 6.61 Å². The van der Waals surface area contributed by atoms with Crippen LogP contribution in [0.2, 0.25) is 0 Å². The molecule has 4 heteroatoms. The van der Waals surface area contributed by atoms with Gasteiger partial charge < -0.3 is 9.84 Å². The summed E-state index contributed by atoms with van der Waals surface area (Å²) >= 11 is 0. The van der Waals surface area contributed by atoms with E-state index >= 15 is 0 Å². The van der Waals surface area contributed by atoms with Crippen LogP contribution in [0.3, 0.4) is 0 Å². The second-order valence-electron chi connectivity index (χ2n) is 7.10. The monoisotopic (exact) mass is 317 g/mol. The van der Waals surface area contributed by atoms with Gasteiger partial charge in [-0.15, -0.1) is 0 Å². The highest BCUT2D eigenvalue weighted by molar-refractivity contribution is 5.78. The summed E-state index contributed by atoms with van der Waals surface area (Å²) < 4.78 is 5.78. The number of rotatable bonds is 5. The molecule has 2 fully saturated rings. The Hall–Kier alpha value is -1.39. The maximum Gasteiger partial charge on any atom is 0.316 e. The fourth-order valence-electron chi connectivity index (χ4n) is 4.35. The molecule has 0 aromatic heterocycles. The molecule has 0 radical (unpaired) electrons. The van der Waals surface area contributed by atoms with E-state index < -0.39 is 5.92 Å². The molecule has 2 unspecified atom stereocenters. The van der Waals surface area contributed by atoms with Gasteiger partial charge in [-0.05, 0) is 32.3 Å². The SMILES string of the molecule is CC(C)N1[C@@H]2CC[C@H]1CC(OC(=O)C(CO)c1ccccc1)C2. The first-order valence-corrected chi connectivity index (χ1v) is 8.74. The molecule has 0 amide bonds. The minimum absolute atomic E-state index is 0.00670. The average molecular weight is 317 g/mol. The molecule has 2 aliphatic heterocycles. The smallest absolute Gasteiger partial charge is 0.316 e. The zero-order valence-corrected chi connectivity index (χ0v) is 14.0. The second-order valence-corrected chi connectivity index (χ2v) is 7.10. The average Bonchev–Trinajstić information content (AvgIpc) is 2.81. The molecule has 4 nitrogen and oxygen atoms in total. The van der Waals surface area contributed by atoms with E-state index in [1.54, 1.807) is 0 Å². The first-order valence-electron chi connectivity index (χ1n) is 8.74. The quantitative estimate of drug-likeness (QED) is 0.848. The van der Waals surface area contributed by atoms with Crippen molar-refractivity contribution in [1.82, 2.24) is 4.90 Å². The van der Waals surface area contributed by atoms with E-state index in [2.05, 4.69) is 18.7 Å². The van der Waals surface area contributed by atoms with Gasteiger partial charge in [0.25, 0.3) is 0 Å². The van der Waals surface area contributed by atoms with E-state index in [1.165, 1.54) is 12.8 Å². The van der Waals surface area contributed by atoms with E-state index in [0.29, 0.717) is 18.1 Å². The van der Waals surface area contributed by atoms with E-state index in [4.69, 9.17) is 4.74 Å². The third-order valence-electron chi connectivity index (χ3n) is 5.29. The Bertz CT molecular complexity index is 517. The Morgan fingerprint density at radius 2 is 1.83 bits per heavy atom. The maximum atomic E-state index is 12.5. The Kier molecular flexibility index (Phi) is 5.02. The molecule has 2 aliphatic rings. The Labute approximate surface area is 138 Å². The minimum atomic E-state index is -0.572. The lowest BCUT2D eigenvalue weighted by Gasteiger charge is -2.41. The normalized spacial score (nSPS) is 28.8. The number of carbonyl (C=O) groups excluding carboxylic acids is 1. The molecule has 1 aromatic rings. The fourth-order valence-corrected chi connectivity index (χ4v) is 4.35. The van der Waals surface area contributed by atoms with Crippen molar-refractivity contribution in [3.8, 4) is 0 Å². The lowest BCUT2D eigenvalue weighted by molar-refractivity contribution is -0.155. The van der Waals surface area contributed by atoms with Gasteiger partial charge in [-0.1, -0.05) is 30.3 Å². The molecule has 1 N–H and O–H groups in total. The van der Waals surface area contributed by atoms with Crippen molar-refractivity contribution in [2.24, 2.45) is 0 Å². The molecule has 1 aromatic carbocycles. The molecular formula is C19H27NO3. The topological polar surface area (TPSA) is 49.8 Å². The van der Waals surface area contributed by atoms with Crippen LogP contribution in [0.15, 0.2) is 30.3 Å². The lowest BCUT2D eigenvalue weighted by Crippen LogP contribution is -2.49. The third-order valence-corrected chi connectivity index (χ3v) is 5.29. The summed E-state index contributed by atoms with van der Waals surface area (Å²) in [4.78, 5) is 15.1. The predicted molar refractivity (Wildman–Crippen MR) is 89.2 cm³/mol. The standard InChI is InChI=1S/C19H27NO3/c1-13(2)20-15-8-9-16(20)11-17(10-15)23-19(22)18(12-21)14-6-4-3-5-7-14/h3-7,13,15-18,21H,8-12H2,1-2H3/t15-,16+,17?,18?. The maximum absolute atomic E-state index is 12.5. The van der Waals surface area contributed by atoms with Crippen molar-refractivity contribution in [1.29, 1.82) is 0 Å². The van der Waals surface area contributed by atoms with Crippen molar-refractivity contribution in [3.63, 3.8) is 0 Å². The number of carbonyl (C=O) groups is 1. The number of aliphatic hydroxyl groups is 1. The number of ether oxygens (including phenoxy) is 1. The van der Waals surface area contributed by atoms with Crippen LogP contribution in [0.4, 0.5) is 0 Å². The van der Waals surface area contributed by atoms with Crippen molar-refractivity contribution >= 4 is 5.97 Å². The van der Waals surface area contributed by atoms with Gasteiger partial charge in [0.15, 0.2) is 0 Å². The Morgan fingerprint density at radius 3 is 2.35 bits per heavy atom. The number of fused-ring (bicyclic) bond motifs is 2. The largest absolute Gasteiger partial charge is 0.462 e. The van der Waals surface area contributed by atoms with Crippen molar-refractivity contribution in [3.05, 3.63) is 35.9 Å². The van der Waals surface area contributed by atoms with E-state index in [-0.39, 0.29) is 18.7 Å². The Balaban J connectivity index is 1.63. The molecule has 4 atom stereocenters. The van der Waals surface area contributed by atoms with Gasteiger partial charge in [0.1, 0.15) is 12.0 Å².